The van der Waals surface area contributed by atoms with Crippen LogP contribution >= 0.6 is 0 Å². The molecular weight excluding hydrogens is 178 g/mol. The zero-order chi connectivity index (χ0) is 10.3. The van der Waals surface area contributed by atoms with Gasteiger partial charge in [0, 0.05) is 25.7 Å². The number of fused-ring (bicyclic) bond motifs is 1. The molecule has 0 saturated carbocycles. The predicted octanol–water partition coefficient (Wildman–Crippen LogP) is 0.398. The fourth-order valence-electron chi connectivity index (χ4n) is 2.48. The number of amides is 2. The smallest absolute Gasteiger partial charge is 0.317 e. The molecule has 0 aromatic heterocycles. The van der Waals surface area contributed by atoms with Crippen molar-refractivity contribution >= 4 is 6.03 Å². The van der Waals surface area contributed by atoms with Gasteiger partial charge in [-0.1, -0.05) is 20.8 Å². The third-order valence-corrected chi connectivity index (χ3v) is 3.16. The molecule has 2 saturated heterocycles. The van der Waals surface area contributed by atoms with Gasteiger partial charge in [-0.25, -0.2) is 4.79 Å². The van der Waals surface area contributed by atoms with Gasteiger partial charge in [0.1, 0.15) is 0 Å². The Morgan fingerprint density at radius 1 is 1.43 bits per heavy atom. The third-order valence-electron chi connectivity index (χ3n) is 3.16. The van der Waals surface area contributed by atoms with Gasteiger partial charge in [-0.3, -0.25) is 0 Å². The van der Waals surface area contributed by atoms with Crippen LogP contribution in [0.3, 0.4) is 0 Å². The molecule has 2 atom stereocenters. The highest BCUT2D eigenvalue weighted by Crippen LogP contribution is 2.28. The first-order chi connectivity index (χ1) is 6.50. The number of rotatable bonds is 0. The Kier molecular flexibility index (Phi) is 2.18. The van der Waals surface area contributed by atoms with Crippen molar-refractivity contribution in [3.63, 3.8) is 0 Å². The van der Waals surface area contributed by atoms with E-state index in [1.165, 1.54) is 0 Å². The van der Waals surface area contributed by atoms with Crippen molar-refractivity contribution in [1.82, 2.24) is 15.5 Å². The van der Waals surface area contributed by atoms with Crippen LogP contribution in [0.4, 0.5) is 4.79 Å². The quantitative estimate of drug-likeness (QED) is 0.590. The van der Waals surface area contributed by atoms with E-state index in [-0.39, 0.29) is 11.4 Å². The molecule has 0 aliphatic carbocycles. The van der Waals surface area contributed by atoms with E-state index in [1.54, 1.807) is 0 Å². The minimum atomic E-state index is 0.103. The molecule has 2 fully saturated rings. The number of hydrogen-bond donors (Lipinski definition) is 2. The van der Waals surface area contributed by atoms with Gasteiger partial charge < -0.3 is 15.5 Å². The largest absolute Gasteiger partial charge is 0.336 e. The van der Waals surface area contributed by atoms with Crippen molar-refractivity contribution in [2.75, 3.05) is 19.6 Å². The van der Waals surface area contributed by atoms with Gasteiger partial charge in [0.15, 0.2) is 0 Å². The summed E-state index contributed by atoms with van der Waals surface area (Å²) in [4.78, 5) is 13.4. The van der Waals surface area contributed by atoms with Gasteiger partial charge in [0.25, 0.3) is 0 Å². The van der Waals surface area contributed by atoms with E-state index in [2.05, 4.69) is 31.4 Å². The highest BCUT2D eigenvalue weighted by Gasteiger charge is 2.43. The molecule has 2 aliphatic heterocycles. The Bertz CT molecular complexity index is 246. The summed E-state index contributed by atoms with van der Waals surface area (Å²) in [6.07, 6.45) is 0. The maximum Gasteiger partial charge on any atom is 0.317 e. The number of carbonyl (C=O) groups excluding carboxylic acids is 1. The van der Waals surface area contributed by atoms with E-state index in [1.807, 2.05) is 4.90 Å². The molecule has 0 spiro atoms. The molecular formula is C10H19N3O. The standard InChI is InChI=1S/C10H19N3O/c1-10(2,3)8-7-6-12-9(14)13(7)5-4-11-8/h7-8,11H,4-6H2,1-3H3,(H,12,14)/t7-,8?/m0/s1. The van der Waals surface area contributed by atoms with E-state index in [0.717, 1.165) is 19.6 Å². The van der Waals surface area contributed by atoms with Crippen molar-refractivity contribution in [2.24, 2.45) is 5.41 Å². The second-order valence-electron chi connectivity index (χ2n) is 5.24. The molecule has 0 aromatic rings. The zero-order valence-corrected chi connectivity index (χ0v) is 9.13. The monoisotopic (exact) mass is 197 g/mol. The van der Waals surface area contributed by atoms with Crippen molar-refractivity contribution in [3.05, 3.63) is 0 Å². The highest BCUT2D eigenvalue weighted by atomic mass is 16.2. The summed E-state index contributed by atoms with van der Waals surface area (Å²) in [6, 6.07) is 0.831. The van der Waals surface area contributed by atoms with Crippen LogP contribution in [0.15, 0.2) is 0 Å². The molecule has 2 rings (SSSR count). The summed E-state index contributed by atoms with van der Waals surface area (Å²) in [5, 5.41) is 6.43. The van der Waals surface area contributed by atoms with Crippen LogP contribution in [-0.4, -0.2) is 42.6 Å². The Labute approximate surface area is 85.0 Å². The average Bonchev–Trinajstić information content (AvgIpc) is 2.46. The normalized spacial score (nSPS) is 32.8. The molecule has 2 N–H and O–H groups in total. The summed E-state index contributed by atoms with van der Waals surface area (Å²) in [5.41, 5.74) is 0.204. The molecule has 0 bridgehead atoms. The van der Waals surface area contributed by atoms with Gasteiger partial charge in [-0.2, -0.15) is 0 Å². The molecule has 2 amide bonds. The number of nitrogens with zero attached hydrogens (tertiary/aromatic N) is 1. The maximum atomic E-state index is 11.5. The minimum absolute atomic E-state index is 0.103. The van der Waals surface area contributed by atoms with Gasteiger partial charge in [0.2, 0.25) is 0 Å². The van der Waals surface area contributed by atoms with E-state index < -0.39 is 0 Å². The number of carbonyl (C=O) groups is 1. The molecule has 80 valence electrons. The number of nitrogens with one attached hydrogen (secondary N) is 2. The molecule has 1 unspecified atom stereocenters. The molecule has 2 heterocycles. The first kappa shape index (κ1) is 9.77. The third kappa shape index (κ3) is 1.47. The predicted molar refractivity (Wildman–Crippen MR) is 55.1 cm³/mol. The van der Waals surface area contributed by atoms with E-state index >= 15 is 0 Å². The first-order valence-electron chi connectivity index (χ1n) is 5.28. The highest BCUT2D eigenvalue weighted by molar-refractivity contribution is 5.77. The zero-order valence-electron chi connectivity index (χ0n) is 9.13. The lowest BCUT2D eigenvalue weighted by atomic mass is 9.81. The second kappa shape index (κ2) is 3.12. The number of urea groups is 1. The summed E-state index contributed by atoms with van der Waals surface area (Å²) in [6.45, 7) is 9.19. The molecule has 0 radical (unpaired) electrons. The van der Waals surface area contributed by atoms with Gasteiger partial charge in [0.05, 0.1) is 6.04 Å². The number of piperazine rings is 1. The van der Waals surface area contributed by atoms with E-state index in [9.17, 15) is 4.79 Å². The van der Waals surface area contributed by atoms with Gasteiger partial charge in [-0.15, -0.1) is 0 Å². The van der Waals surface area contributed by atoms with Crippen LogP contribution in [0.25, 0.3) is 0 Å². The molecule has 14 heavy (non-hydrogen) atoms. The second-order valence-corrected chi connectivity index (χ2v) is 5.24. The summed E-state index contributed by atoms with van der Waals surface area (Å²) in [7, 11) is 0. The van der Waals surface area contributed by atoms with Crippen LogP contribution in [0.1, 0.15) is 20.8 Å². The SMILES string of the molecule is CC(C)(C)C1NCCN2C(=O)NC[C@@H]12. The first-order valence-corrected chi connectivity index (χ1v) is 5.28. The lowest BCUT2D eigenvalue weighted by Crippen LogP contribution is -2.61. The molecule has 2 aliphatic rings. The molecule has 4 heteroatoms. The van der Waals surface area contributed by atoms with Crippen LogP contribution in [0.5, 0.6) is 0 Å². The Morgan fingerprint density at radius 2 is 2.14 bits per heavy atom. The fraction of sp³-hybridized carbons (Fsp3) is 0.900. The van der Waals surface area contributed by atoms with Crippen molar-refractivity contribution < 1.29 is 4.79 Å². The molecule has 0 aromatic carbocycles. The average molecular weight is 197 g/mol. The summed E-state index contributed by atoms with van der Waals surface area (Å²) >= 11 is 0. The van der Waals surface area contributed by atoms with E-state index in [4.69, 9.17) is 0 Å². The fourth-order valence-corrected chi connectivity index (χ4v) is 2.48. The number of hydrogen-bond acceptors (Lipinski definition) is 2. The maximum absolute atomic E-state index is 11.5. The lowest BCUT2D eigenvalue weighted by molar-refractivity contribution is 0.115. The van der Waals surface area contributed by atoms with Gasteiger partial charge >= 0.3 is 6.03 Å². The Balaban J connectivity index is 2.17. The van der Waals surface area contributed by atoms with Crippen LogP contribution in [0, 0.1) is 5.41 Å². The minimum Gasteiger partial charge on any atom is -0.336 e. The Morgan fingerprint density at radius 3 is 2.79 bits per heavy atom. The summed E-state index contributed by atoms with van der Waals surface area (Å²) in [5.74, 6) is 0. The van der Waals surface area contributed by atoms with Crippen LogP contribution in [-0.2, 0) is 0 Å². The topological polar surface area (TPSA) is 44.4 Å². The van der Waals surface area contributed by atoms with E-state index in [0.29, 0.717) is 12.1 Å². The van der Waals surface area contributed by atoms with Crippen molar-refractivity contribution in [2.45, 2.75) is 32.9 Å². The van der Waals surface area contributed by atoms with Crippen LogP contribution < -0.4 is 10.6 Å². The lowest BCUT2D eigenvalue weighted by Gasteiger charge is -2.43. The molecule has 4 nitrogen and oxygen atoms in total. The van der Waals surface area contributed by atoms with Gasteiger partial charge in [-0.05, 0) is 5.41 Å². The van der Waals surface area contributed by atoms with Crippen LogP contribution in [0.2, 0.25) is 0 Å². The summed E-state index contributed by atoms with van der Waals surface area (Å²) < 4.78 is 0. The van der Waals surface area contributed by atoms with Crippen molar-refractivity contribution in [1.29, 1.82) is 0 Å². The van der Waals surface area contributed by atoms with Crippen molar-refractivity contribution in [3.8, 4) is 0 Å². The Hall–Kier alpha value is -0.770.